The summed E-state index contributed by atoms with van der Waals surface area (Å²) in [7, 11) is 0. The van der Waals surface area contributed by atoms with E-state index in [1.807, 2.05) is 26.0 Å². The minimum atomic E-state index is 0.857. The summed E-state index contributed by atoms with van der Waals surface area (Å²) in [5.74, 6) is 0. The predicted octanol–water partition coefficient (Wildman–Crippen LogP) is 2.62. The first-order valence-electron chi connectivity index (χ1n) is 2.99. The van der Waals surface area contributed by atoms with Crippen LogP contribution < -0.4 is 0 Å². The summed E-state index contributed by atoms with van der Waals surface area (Å²) >= 11 is 0. The van der Waals surface area contributed by atoms with Gasteiger partial charge in [0.25, 0.3) is 0 Å². The largest absolute Gasteiger partial charge is 0.145 e. The number of nitrogens with zero attached hydrogens (tertiary/aromatic N) is 1. The fourth-order valence-electron chi connectivity index (χ4n) is 0.534. The Morgan fingerprint density at radius 3 is 2.67 bits per heavy atom. The SMILES string of the molecule is CC=C/C(=C/N=O)CC. The van der Waals surface area contributed by atoms with Crippen LogP contribution in [0.3, 0.4) is 0 Å². The fraction of sp³-hybridized carbons (Fsp3) is 0.429. The second-order valence-electron chi connectivity index (χ2n) is 1.66. The minimum Gasteiger partial charge on any atom is -0.145 e. The maximum Gasteiger partial charge on any atom is 0.0746 e. The summed E-state index contributed by atoms with van der Waals surface area (Å²) < 4.78 is 0. The van der Waals surface area contributed by atoms with E-state index in [1.165, 1.54) is 6.20 Å². The van der Waals surface area contributed by atoms with Gasteiger partial charge in [-0.1, -0.05) is 19.1 Å². The molecule has 0 N–H and O–H groups in total. The van der Waals surface area contributed by atoms with Gasteiger partial charge in [-0.25, -0.2) is 0 Å². The summed E-state index contributed by atoms with van der Waals surface area (Å²) in [5.41, 5.74) is 0.965. The van der Waals surface area contributed by atoms with Gasteiger partial charge in [-0.15, -0.1) is 4.91 Å². The number of allylic oxidation sites excluding steroid dienone is 3. The van der Waals surface area contributed by atoms with Crippen molar-refractivity contribution in [2.45, 2.75) is 20.3 Å². The Labute approximate surface area is 55.2 Å². The van der Waals surface area contributed by atoms with E-state index >= 15 is 0 Å². The minimum absolute atomic E-state index is 0.857. The van der Waals surface area contributed by atoms with Gasteiger partial charge in [-0.2, -0.15) is 0 Å². The molecule has 0 atom stereocenters. The molecule has 0 heterocycles. The normalized spacial score (nSPS) is 12.4. The summed E-state index contributed by atoms with van der Waals surface area (Å²) in [6, 6.07) is 0. The molecule has 0 fully saturated rings. The van der Waals surface area contributed by atoms with Crippen LogP contribution in [0.1, 0.15) is 20.3 Å². The van der Waals surface area contributed by atoms with E-state index < -0.39 is 0 Å². The van der Waals surface area contributed by atoms with E-state index in [2.05, 4.69) is 5.18 Å². The average Bonchev–Trinajstić information content (AvgIpc) is 1.88. The van der Waals surface area contributed by atoms with Crippen LogP contribution in [0.5, 0.6) is 0 Å². The molecule has 0 aromatic rings. The van der Waals surface area contributed by atoms with Crippen LogP contribution in [0.2, 0.25) is 0 Å². The van der Waals surface area contributed by atoms with Gasteiger partial charge >= 0.3 is 0 Å². The van der Waals surface area contributed by atoms with Gasteiger partial charge < -0.3 is 0 Å². The summed E-state index contributed by atoms with van der Waals surface area (Å²) in [4.78, 5) is 9.69. The lowest BCUT2D eigenvalue weighted by Gasteiger charge is -1.88. The first kappa shape index (κ1) is 8.08. The van der Waals surface area contributed by atoms with Crippen molar-refractivity contribution in [2.75, 3.05) is 0 Å². The number of nitroso groups, excluding NO2 is 1. The van der Waals surface area contributed by atoms with Gasteiger partial charge in [-0.05, 0) is 24.1 Å². The molecule has 0 aliphatic heterocycles. The Morgan fingerprint density at radius 2 is 2.33 bits per heavy atom. The van der Waals surface area contributed by atoms with Crippen molar-refractivity contribution in [1.82, 2.24) is 0 Å². The molecule has 0 saturated heterocycles. The molecule has 0 aromatic heterocycles. The molecule has 0 bridgehead atoms. The summed E-state index contributed by atoms with van der Waals surface area (Å²) in [6.07, 6.45) is 5.96. The molecular formula is C7H11NO. The molecule has 0 aromatic carbocycles. The smallest absolute Gasteiger partial charge is 0.0746 e. The topological polar surface area (TPSA) is 29.4 Å². The molecule has 2 nitrogen and oxygen atoms in total. The van der Waals surface area contributed by atoms with Crippen LogP contribution in [-0.2, 0) is 0 Å². The number of hydrogen-bond acceptors (Lipinski definition) is 2. The highest BCUT2D eigenvalue weighted by Crippen LogP contribution is 2.01. The average molecular weight is 125 g/mol. The van der Waals surface area contributed by atoms with Gasteiger partial charge in [0.05, 0.1) is 6.20 Å². The molecule has 0 aliphatic carbocycles. The molecule has 50 valence electrons. The zero-order chi connectivity index (χ0) is 7.11. The molecule has 0 rings (SSSR count). The Hall–Kier alpha value is -0.920. The van der Waals surface area contributed by atoms with Crippen LogP contribution in [-0.4, -0.2) is 0 Å². The lowest BCUT2D eigenvalue weighted by molar-refractivity contribution is 1.13. The summed E-state index contributed by atoms with van der Waals surface area (Å²) in [6.45, 7) is 3.89. The van der Waals surface area contributed by atoms with Crippen molar-refractivity contribution in [3.05, 3.63) is 28.8 Å². The molecule has 9 heavy (non-hydrogen) atoms. The monoisotopic (exact) mass is 125 g/mol. The Bertz CT molecular complexity index is 136. The van der Waals surface area contributed by atoms with Gasteiger partial charge in [-0.3, -0.25) is 0 Å². The molecule has 0 amide bonds. The lowest BCUT2D eigenvalue weighted by atomic mass is 10.2. The maximum absolute atomic E-state index is 9.69. The second-order valence-corrected chi connectivity index (χ2v) is 1.66. The standard InChI is InChI=1S/C7H11NO/c1-3-5-7(4-2)6-8-9/h3,5-6H,4H2,1-2H3/b5-3?,7-6+. The van der Waals surface area contributed by atoms with E-state index in [0.29, 0.717) is 0 Å². The Balaban J connectivity index is 3.96. The van der Waals surface area contributed by atoms with Crippen LogP contribution in [0.25, 0.3) is 0 Å². The Morgan fingerprint density at radius 1 is 1.67 bits per heavy atom. The predicted molar refractivity (Wildman–Crippen MR) is 39.0 cm³/mol. The summed E-state index contributed by atoms with van der Waals surface area (Å²) in [5, 5.41) is 2.66. The van der Waals surface area contributed by atoms with Crippen molar-refractivity contribution < 1.29 is 0 Å². The Kier molecular flexibility index (Phi) is 4.69. The van der Waals surface area contributed by atoms with Crippen molar-refractivity contribution in [3.8, 4) is 0 Å². The van der Waals surface area contributed by atoms with Crippen LogP contribution in [0, 0.1) is 4.91 Å². The van der Waals surface area contributed by atoms with Crippen molar-refractivity contribution in [2.24, 2.45) is 5.18 Å². The molecule has 0 radical (unpaired) electrons. The zero-order valence-corrected chi connectivity index (χ0v) is 5.79. The first-order chi connectivity index (χ1) is 4.35. The highest BCUT2D eigenvalue weighted by Gasteiger charge is 1.83. The van der Waals surface area contributed by atoms with Gasteiger partial charge in [0.1, 0.15) is 0 Å². The van der Waals surface area contributed by atoms with Crippen LogP contribution in [0.4, 0.5) is 0 Å². The molecule has 0 saturated carbocycles. The fourth-order valence-corrected chi connectivity index (χ4v) is 0.534. The van der Waals surface area contributed by atoms with E-state index in [1.54, 1.807) is 0 Å². The number of hydrogen-bond donors (Lipinski definition) is 0. The van der Waals surface area contributed by atoms with E-state index in [0.717, 1.165) is 12.0 Å². The maximum atomic E-state index is 9.69. The van der Waals surface area contributed by atoms with E-state index in [-0.39, 0.29) is 0 Å². The third-order valence-corrected chi connectivity index (χ3v) is 1.01. The van der Waals surface area contributed by atoms with Crippen LogP contribution >= 0.6 is 0 Å². The van der Waals surface area contributed by atoms with Gasteiger partial charge in [0, 0.05) is 0 Å². The molecule has 0 unspecified atom stereocenters. The quantitative estimate of drug-likeness (QED) is 0.421. The molecule has 0 spiro atoms. The molecule has 0 aliphatic rings. The third-order valence-electron chi connectivity index (χ3n) is 1.01. The third kappa shape index (κ3) is 3.64. The van der Waals surface area contributed by atoms with Crippen molar-refractivity contribution in [1.29, 1.82) is 0 Å². The van der Waals surface area contributed by atoms with E-state index in [4.69, 9.17) is 0 Å². The van der Waals surface area contributed by atoms with Crippen LogP contribution in [0.15, 0.2) is 29.1 Å². The van der Waals surface area contributed by atoms with Gasteiger partial charge in [0.2, 0.25) is 0 Å². The van der Waals surface area contributed by atoms with E-state index in [9.17, 15) is 4.91 Å². The second kappa shape index (κ2) is 5.22. The highest BCUT2D eigenvalue weighted by molar-refractivity contribution is 5.16. The number of rotatable bonds is 3. The van der Waals surface area contributed by atoms with Crippen molar-refractivity contribution >= 4 is 0 Å². The molecule has 2 heteroatoms. The first-order valence-corrected chi connectivity index (χ1v) is 2.99. The highest BCUT2D eigenvalue weighted by atomic mass is 16.2. The lowest BCUT2D eigenvalue weighted by Crippen LogP contribution is -1.70. The zero-order valence-electron chi connectivity index (χ0n) is 5.79. The molecular weight excluding hydrogens is 114 g/mol. The van der Waals surface area contributed by atoms with Gasteiger partial charge in [0.15, 0.2) is 0 Å². The van der Waals surface area contributed by atoms with Crippen molar-refractivity contribution in [3.63, 3.8) is 0 Å².